The molecule has 0 saturated carbocycles. The minimum Gasteiger partial charge on any atom is -0.297 e. The highest BCUT2D eigenvalue weighted by Crippen LogP contribution is 2.34. The van der Waals surface area contributed by atoms with Crippen LogP contribution in [0.25, 0.3) is 17.2 Å². The normalized spacial score (nSPS) is 11.5. The number of hydrogen-bond acceptors (Lipinski definition) is 6. The maximum absolute atomic E-state index is 13.4. The van der Waals surface area contributed by atoms with Gasteiger partial charge in [-0.3, -0.25) is 10.1 Å². The lowest BCUT2D eigenvalue weighted by molar-refractivity contribution is -0.137. The molecule has 7 nitrogen and oxygen atoms in total. The fourth-order valence-corrected chi connectivity index (χ4v) is 3.50. The first-order valence-corrected chi connectivity index (χ1v) is 9.89. The Morgan fingerprint density at radius 3 is 2.55 bits per heavy atom. The van der Waals surface area contributed by atoms with E-state index in [1.165, 1.54) is 18.2 Å². The van der Waals surface area contributed by atoms with Crippen LogP contribution in [-0.2, 0) is 6.18 Å². The van der Waals surface area contributed by atoms with E-state index >= 15 is 0 Å². The molecule has 4 aromatic rings. The van der Waals surface area contributed by atoms with Gasteiger partial charge in [-0.15, -0.1) is 5.10 Å². The van der Waals surface area contributed by atoms with E-state index in [1.54, 1.807) is 31.2 Å². The standard InChI is InChI=1S/C19H12ClF3N6OS/c1-10-15(26-28-29(10)14-5-3-2-4-13(14)19(21,22)23)16-24-18(31-27-16)25-17(30)11-6-8-12(20)9-7-11/h2-9H,1H3,(H,24,25,27,30). The second kappa shape index (κ2) is 8.08. The van der Waals surface area contributed by atoms with Crippen molar-refractivity contribution in [3.63, 3.8) is 0 Å². The van der Waals surface area contributed by atoms with Crippen molar-refractivity contribution in [3.05, 3.63) is 70.4 Å². The van der Waals surface area contributed by atoms with Crippen LogP contribution < -0.4 is 5.32 Å². The third-order valence-electron chi connectivity index (χ3n) is 4.30. The van der Waals surface area contributed by atoms with Crippen LogP contribution in [0.4, 0.5) is 18.3 Å². The van der Waals surface area contributed by atoms with E-state index in [0.29, 0.717) is 16.3 Å². The number of halogens is 4. The molecule has 1 amide bonds. The summed E-state index contributed by atoms with van der Waals surface area (Å²) >= 11 is 6.73. The van der Waals surface area contributed by atoms with Crippen LogP contribution in [0.3, 0.4) is 0 Å². The first-order chi connectivity index (χ1) is 14.7. The lowest BCUT2D eigenvalue weighted by atomic mass is 10.1. The van der Waals surface area contributed by atoms with E-state index < -0.39 is 17.6 Å². The number of rotatable bonds is 4. The molecule has 0 aliphatic heterocycles. The van der Waals surface area contributed by atoms with Gasteiger partial charge in [0.05, 0.1) is 16.9 Å². The predicted molar refractivity (Wildman–Crippen MR) is 109 cm³/mol. The van der Waals surface area contributed by atoms with Gasteiger partial charge in [-0.2, -0.15) is 22.5 Å². The number of nitrogens with zero attached hydrogens (tertiary/aromatic N) is 5. The average Bonchev–Trinajstić information content (AvgIpc) is 3.34. The van der Waals surface area contributed by atoms with Gasteiger partial charge < -0.3 is 0 Å². The summed E-state index contributed by atoms with van der Waals surface area (Å²) in [5, 5.41) is 11.1. The van der Waals surface area contributed by atoms with E-state index in [-0.39, 0.29) is 22.3 Å². The van der Waals surface area contributed by atoms with Gasteiger partial charge in [0.2, 0.25) is 5.13 Å². The van der Waals surface area contributed by atoms with Crippen molar-refractivity contribution in [1.29, 1.82) is 0 Å². The minimum atomic E-state index is -4.55. The van der Waals surface area contributed by atoms with Gasteiger partial charge in [0, 0.05) is 22.1 Å². The average molecular weight is 465 g/mol. The van der Waals surface area contributed by atoms with Crippen LogP contribution in [-0.4, -0.2) is 30.3 Å². The van der Waals surface area contributed by atoms with Crippen molar-refractivity contribution in [2.75, 3.05) is 5.32 Å². The fraction of sp³-hybridized carbons (Fsp3) is 0.105. The number of alkyl halides is 3. The summed E-state index contributed by atoms with van der Waals surface area (Å²) in [6.07, 6.45) is -4.55. The summed E-state index contributed by atoms with van der Waals surface area (Å²) < 4.78 is 45.3. The largest absolute Gasteiger partial charge is 0.418 e. The zero-order valence-corrected chi connectivity index (χ0v) is 17.3. The molecule has 0 bridgehead atoms. The van der Waals surface area contributed by atoms with Gasteiger partial charge in [0.25, 0.3) is 5.91 Å². The zero-order valence-electron chi connectivity index (χ0n) is 15.7. The SMILES string of the molecule is Cc1c(-c2nsc(NC(=O)c3ccc(Cl)cc3)n2)nnn1-c1ccccc1C(F)(F)F. The summed E-state index contributed by atoms with van der Waals surface area (Å²) in [7, 11) is 0. The number of carbonyl (C=O) groups is 1. The van der Waals surface area contributed by atoms with Gasteiger partial charge in [0.15, 0.2) is 11.5 Å². The van der Waals surface area contributed by atoms with Crippen LogP contribution in [0.5, 0.6) is 0 Å². The lowest BCUT2D eigenvalue weighted by Crippen LogP contribution is -2.12. The molecule has 0 atom stereocenters. The number of aromatic nitrogens is 5. The van der Waals surface area contributed by atoms with Crippen molar-refractivity contribution in [2.24, 2.45) is 0 Å². The Morgan fingerprint density at radius 2 is 1.84 bits per heavy atom. The van der Waals surface area contributed by atoms with Crippen molar-refractivity contribution in [3.8, 4) is 17.2 Å². The van der Waals surface area contributed by atoms with Gasteiger partial charge in [-0.05, 0) is 43.3 Å². The molecule has 2 aromatic carbocycles. The topological polar surface area (TPSA) is 85.6 Å². The fourth-order valence-electron chi connectivity index (χ4n) is 2.80. The van der Waals surface area contributed by atoms with Gasteiger partial charge in [-0.25, -0.2) is 4.68 Å². The van der Waals surface area contributed by atoms with E-state index in [4.69, 9.17) is 11.6 Å². The van der Waals surface area contributed by atoms with E-state index in [1.807, 2.05) is 0 Å². The van der Waals surface area contributed by atoms with Crippen molar-refractivity contribution in [2.45, 2.75) is 13.1 Å². The number of hydrogen-bond donors (Lipinski definition) is 1. The monoisotopic (exact) mass is 464 g/mol. The first kappa shape index (κ1) is 20.9. The van der Waals surface area contributed by atoms with Crippen LogP contribution >= 0.6 is 23.1 Å². The molecule has 31 heavy (non-hydrogen) atoms. The number of para-hydroxylation sites is 1. The summed E-state index contributed by atoms with van der Waals surface area (Å²) in [5.74, 6) is -0.261. The van der Waals surface area contributed by atoms with Gasteiger partial charge in [-0.1, -0.05) is 28.9 Å². The molecule has 0 unspecified atom stereocenters. The molecule has 1 N–H and O–H groups in total. The number of anilines is 1. The van der Waals surface area contributed by atoms with E-state index in [2.05, 4.69) is 25.0 Å². The minimum absolute atomic E-state index is 0.143. The Bertz CT molecular complexity index is 1250. The van der Waals surface area contributed by atoms with Gasteiger partial charge in [0.1, 0.15) is 0 Å². The zero-order chi connectivity index (χ0) is 22.2. The number of nitrogens with one attached hydrogen (secondary N) is 1. The molecule has 158 valence electrons. The Hall–Kier alpha value is -3.31. The Balaban J connectivity index is 1.61. The molecular weight excluding hydrogens is 453 g/mol. The van der Waals surface area contributed by atoms with Crippen molar-refractivity contribution >= 4 is 34.2 Å². The Morgan fingerprint density at radius 1 is 1.13 bits per heavy atom. The molecule has 0 saturated heterocycles. The molecule has 0 spiro atoms. The third-order valence-corrected chi connectivity index (χ3v) is 5.18. The molecule has 2 heterocycles. The maximum atomic E-state index is 13.4. The summed E-state index contributed by atoms with van der Waals surface area (Å²) in [4.78, 5) is 16.5. The van der Waals surface area contributed by atoms with E-state index in [0.717, 1.165) is 22.3 Å². The molecule has 0 radical (unpaired) electrons. The van der Waals surface area contributed by atoms with Gasteiger partial charge >= 0.3 is 6.18 Å². The molecule has 2 aromatic heterocycles. The number of benzene rings is 2. The number of carbonyl (C=O) groups excluding carboxylic acids is 1. The number of amides is 1. The van der Waals surface area contributed by atoms with Crippen molar-refractivity contribution < 1.29 is 18.0 Å². The highest BCUT2D eigenvalue weighted by atomic mass is 35.5. The second-order valence-electron chi connectivity index (χ2n) is 6.33. The highest BCUT2D eigenvalue weighted by Gasteiger charge is 2.34. The molecule has 12 heteroatoms. The van der Waals surface area contributed by atoms with E-state index in [9.17, 15) is 18.0 Å². The van der Waals surface area contributed by atoms with Crippen LogP contribution in [0.2, 0.25) is 5.02 Å². The highest BCUT2D eigenvalue weighted by molar-refractivity contribution is 7.10. The van der Waals surface area contributed by atoms with Crippen LogP contribution in [0.15, 0.2) is 48.5 Å². The smallest absolute Gasteiger partial charge is 0.297 e. The lowest BCUT2D eigenvalue weighted by Gasteiger charge is -2.12. The van der Waals surface area contributed by atoms with Crippen LogP contribution in [0.1, 0.15) is 21.6 Å². The van der Waals surface area contributed by atoms with Crippen LogP contribution in [0, 0.1) is 6.92 Å². The third kappa shape index (κ3) is 4.28. The Labute approximate surface area is 182 Å². The first-order valence-electron chi connectivity index (χ1n) is 8.74. The quantitative estimate of drug-likeness (QED) is 0.458. The van der Waals surface area contributed by atoms with Crippen molar-refractivity contribution in [1.82, 2.24) is 24.4 Å². The Kier molecular flexibility index (Phi) is 5.46. The molecule has 0 aliphatic carbocycles. The molecule has 0 fully saturated rings. The summed E-state index contributed by atoms with van der Waals surface area (Å²) in [6.45, 7) is 1.56. The summed E-state index contributed by atoms with van der Waals surface area (Å²) in [5.41, 5.74) is -0.0771. The maximum Gasteiger partial charge on any atom is 0.418 e. The predicted octanol–water partition coefficient (Wildman–Crippen LogP) is 5.02. The molecule has 0 aliphatic rings. The second-order valence-corrected chi connectivity index (χ2v) is 7.52. The summed E-state index contributed by atoms with van der Waals surface area (Å²) in [6, 6.07) is 11.4. The molecular formula is C19H12ClF3N6OS. The molecule has 4 rings (SSSR count).